The van der Waals surface area contributed by atoms with E-state index in [-0.39, 0.29) is 0 Å². The van der Waals surface area contributed by atoms with Crippen LogP contribution in [-0.2, 0) is 5.75 Å². The van der Waals surface area contributed by atoms with Crippen LogP contribution in [0.2, 0.25) is 0 Å². The molecule has 0 amide bonds. The first-order valence-corrected chi connectivity index (χ1v) is 7.72. The van der Waals surface area contributed by atoms with Gasteiger partial charge in [0.15, 0.2) is 0 Å². The van der Waals surface area contributed by atoms with E-state index in [1.165, 1.54) is 11.8 Å². The Balaban J connectivity index is 1.88. The van der Waals surface area contributed by atoms with E-state index < -0.39 is 0 Å². The number of thioether (sulfide) groups is 1. The van der Waals surface area contributed by atoms with Gasteiger partial charge in [-0.25, -0.2) is 0 Å². The van der Waals surface area contributed by atoms with Crippen molar-refractivity contribution in [3.8, 4) is 11.4 Å². The van der Waals surface area contributed by atoms with Crippen molar-refractivity contribution < 1.29 is 4.74 Å². The summed E-state index contributed by atoms with van der Waals surface area (Å²) in [6.07, 6.45) is 1.78. The van der Waals surface area contributed by atoms with Crippen molar-refractivity contribution >= 4 is 11.8 Å². The van der Waals surface area contributed by atoms with Crippen LogP contribution in [0.15, 0.2) is 47.8 Å². The van der Waals surface area contributed by atoms with Gasteiger partial charge in [-0.3, -0.25) is 4.98 Å². The lowest BCUT2D eigenvalue weighted by Gasteiger charge is -2.10. The summed E-state index contributed by atoms with van der Waals surface area (Å²) >= 11 is 1.54. The summed E-state index contributed by atoms with van der Waals surface area (Å²) in [4.78, 5) is 4.31. The van der Waals surface area contributed by atoms with E-state index in [4.69, 9.17) is 4.74 Å². The zero-order valence-electron chi connectivity index (χ0n) is 12.3. The second kappa shape index (κ2) is 6.57. The average molecular weight is 313 g/mol. The van der Waals surface area contributed by atoms with Gasteiger partial charge in [-0.2, -0.15) is 4.68 Å². The third-order valence-electron chi connectivity index (χ3n) is 3.08. The molecule has 6 nitrogen and oxygen atoms in total. The standard InChI is InChI=1S/C15H15N5OS/c1-11-6-7-14(21-2)13(9-11)20-15(17-18-19-20)22-10-12-5-3-4-8-16-12/h3-9H,10H2,1-2H3. The van der Waals surface area contributed by atoms with E-state index in [2.05, 4.69) is 20.5 Å². The molecule has 0 atom stereocenters. The molecule has 3 rings (SSSR count). The van der Waals surface area contributed by atoms with E-state index >= 15 is 0 Å². The smallest absolute Gasteiger partial charge is 0.214 e. The van der Waals surface area contributed by atoms with Gasteiger partial charge in [0.2, 0.25) is 5.16 Å². The number of pyridine rings is 1. The molecule has 112 valence electrons. The van der Waals surface area contributed by atoms with Crippen molar-refractivity contribution in [3.05, 3.63) is 53.9 Å². The zero-order chi connectivity index (χ0) is 15.4. The lowest BCUT2D eigenvalue weighted by Crippen LogP contribution is -2.02. The van der Waals surface area contributed by atoms with Gasteiger partial charge in [0, 0.05) is 11.9 Å². The Morgan fingerprint density at radius 1 is 1.23 bits per heavy atom. The topological polar surface area (TPSA) is 65.7 Å². The fourth-order valence-corrected chi connectivity index (χ4v) is 2.81. The molecule has 7 heteroatoms. The number of aromatic nitrogens is 5. The lowest BCUT2D eigenvalue weighted by atomic mass is 10.2. The van der Waals surface area contributed by atoms with Gasteiger partial charge >= 0.3 is 0 Å². The highest BCUT2D eigenvalue weighted by Crippen LogP contribution is 2.27. The first-order valence-electron chi connectivity index (χ1n) is 6.74. The van der Waals surface area contributed by atoms with Crippen LogP contribution in [0.25, 0.3) is 5.69 Å². The van der Waals surface area contributed by atoms with Crippen molar-refractivity contribution in [2.24, 2.45) is 0 Å². The van der Waals surface area contributed by atoms with Crippen LogP contribution < -0.4 is 4.74 Å². The van der Waals surface area contributed by atoms with Gasteiger partial charge < -0.3 is 4.74 Å². The van der Waals surface area contributed by atoms with E-state index in [0.717, 1.165) is 22.7 Å². The normalized spacial score (nSPS) is 10.6. The van der Waals surface area contributed by atoms with Crippen LogP contribution in [-0.4, -0.2) is 32.3 Å². The van der Waals surface area contributed by atoms with Crippen LogP contribution in [0.5, 0.6) is 5.75 Å². The lowest BCUT2D eigenvalue weighted by molar-refractivity contribution is 0.410. The molecule has 0 aliphatic carbocycles. The fourth-order valence-electron chi connectivity index (χ4n) is 2.01. The zero-order valence-corrected chi connectivity index (χ0v) is 13.1. The van der Waals surface area contributed by atoms with Crippen molar-refractivity contribution in [2.45, 2.75) is 17.8 Å². The molecule has 0 bridgehead atoms. The molecular weight excluding hydrogens is 298 g/mol. The fraction of sp³-hybridized carbons (Fsp3) is 0.200. The highest BCUT2D eigenvalue weighted by molar-refractivity contribution is 7.98. The summed E-state index contributed by atoms with van der Waals surface area (Å²) in [6.45, 7) is 2.02. The Kier molecular flexibility index (Phi) is 4.34. The molecule has 0 spiro atoms. The van der Waals surface area contributed by atoms with E-state index in [1.54, 1.807) is 18.0 Å². The van der Waals surface area contributed by atoms with Crippen molar-refractivity contribution in [1.82, 2.24) is 25.2 Å². The van der Waals surface area contributed by atoms with Crippen LogP contribution in [0.4, 0.5) is 0 Å². The summed E-state index contributed by atoms with van der Waals surface area (Å²) < 4.78 is 7.10. The molecule has 0 saturated carbocycles. The van der Waals surface area contributed by atoms with Crippen molar-refractivity contribution in [1.29, 1.82) is 0 Å². The average Bonchev–Trinajstić information content (AvgIpc) is 3.02. The Hall–Kier alpha value is -2.41. The maximum Gasteiger partial charge on any atom is 0.214 e. The monoisotopic (exact) mass is 313 g/mol. The molecule has 0 N–H and O–H groups in total. The first-order chi connectivity index (χ1) is 10.8. The highest BCUT2D eigenvalue weighted by Gasteiger charge is 2.14. The number of methoxy groups -OCH3 is 1. The number of hydrogen-bond acceptors (Lipinski definition) is 6. The maximum absolute atomic E-state index is 5.40. The molecule has 0 radical (unpaired) electrons. The summed E-state index contributed by atoms with van der Waals surface area (Å²) in [5.41, 5.74) is 2.93. The third kappa shape index (κ3) is 3.09. The SMILES string of the molecule is COc1ccc(C)cc1-n1nnnc1SCc1ccccn1. The van der Waals surface area contributed by atoms with Crippen LogP contribution in [0, 0.1) is 6.92 Å². The van der Waals surface area contributed by atoms with Gasteiger partial charge in [-0.05, 0) is 47.2 Å². The van der Waals surface area contributed by atoms with Crippen molar-refractivity contribution in [3.63, 3.8) is 0 Å². The molecule has 0 aliphatic heterocycles. The number of aryl methyl sites for hydroxylation is 1. The van der Waals surface area contributed by atoms with Crippen LogP contribution in [0.3, 0.4) is 0 Å². The minimum atomic E-state index is 0.703. The molecular formula is C15H15N5OS. The molecule has 0 fully saturated rings. The summed E-state index contributed by atoms with van der Waals surface area (Å²) in [6, 6.07) is 11.8. The van der Waals surface area contributed by atoms with Crippen LogP contribution in [0.1, 0.15) is 11.3 Å². The number of benzene rings is 1. The summed E-state index contributed by atoms with van der Waals surface area (Å²) in [5, 5.41) is 12.7. The van der Waals surface area contributed by atoms with Gasteiger partial charge in [0.25, 0.3) is 0 Å². The molecule has 2 aromatic heterocycles. The molecule has 0 aliphatic rings. The van der Waals surface area contributed by atoms with Crippen LogP contribution >= 0.6 is 11.8 Å². The van der Waals surface area contributed by atoms with E-state index in [9.17, 15) is 0 Å². The Labute approximate surface area is 132 Å². The number of ether oxygens (including phenoxy) is 1. The molecule has 2 heterocycles. The van der Waals surface area contributed by atoms with Gasteiger partial charge in [-0.1, -0.05) is 23.9 Å². The molecule has 22 heavy (non-hydrogen) atoms. The summed E-state index contributed by atoms with van der Waals surface area (Å²) in [7, 11) is 1.64. The number of nitrogens with zero attached hydrogens (tertiary/aromatic N) is 5. The largest absolute Gasteiger partial charge is 0.494 e. The molecule has 0 unspecified atom stereocenters. The minimum Gasteiger partial charge on any atom is -0.494 e. The third-order valence-corrected chi connectivity index (χ3v) is 4.03. The predicted octanol–water partition coefficient (Wildman–Crippen LogP) is 2.67. The maximum atomic E-state index is 5.40. The van der Waals surface area contributed by atoms with E-state index in [0.29, 0.717) is 10.9 Å². The van der Waals surface area contributed by atoms with Gasteiger partial charge in [0.05, 0.1) is 12.8 Å². The second-order valence-corrected chi connectivity index (χ2v) is 5.60. The first kappa shape index (κ1) is 14.5. The number of hydrogen-bond donors (Lipinski definition) is 0. The quantitative estimate of drug-likeness (QED) is 0.675. The molecule has 0 saturated heterocycles. The Morgan fingerprint density at radius 3 is 2.91 bits per heavy atom. The number of tetrazole rings is 1. The van der Waals surface area contributed by atoms with Gasteiger partial charge in [0.1, 0.15) is 11.4 Å². The minimum absolute atomic E-state index is 0.703. The Bertz CT molecular complexity index is 760. The van der Waals surface area contributed by atoms with Gasteiger partial charge in [-0.15, -0.1) is 5.10 Å². The Morgan fingerprint density at radius 2 is 2.14 bits per heavy atom. The predicted molar refractivity (Wildman–Crippen MR) is 84.2 cm³/mol. The highest BCUT2D eigenvalue weighted by atomic mass is 32.2. The van der Waals surface area contributed by atoms with Crippen molar-refractivity contribution in [2.75, 3.05) is 7.11 Å². The molecule has 1 aromatic carbocycles. The summed E-state index contributed by atoms with van der Waals surface area (Å²) in [5.74, 6) is 1.44. The van der Waals surface area contributed by atoms with E-state index in [1.807, 2.05) is 43.3 Å². The second-order valence-electron chi connectivity index (χ2n) is 4.66. The number of rotatable bonds is 5. The molecule has 3 aromatic rings.